The Morgan fingerprint density at radius 3 is 2.71 bits per heavy atom. The van der Waals surface area contributed by atoms with Gasteiger partial charge in [0.1, 0.15) is 6.33 Å². The van der Waals surface area contributed by atoms with Crippen LogP contribution in [-0.4, -0.2) is 38.7 Å². The Morgan fingerprint density at radius 1 is 1.21 bits per heavy atom. The minimum atomic E-state index is -0.565. The van der Waals surface area contributed by atoms with Crippen LogP contribution in [0.4, 0.5) is 0 Å². The van der Waals surface area contributed by atoms with E-state index in [1.54, 1.807) is 35.6 Å². The van der Waals surface area contributed by atoms with Crippen LogP contribution in [0.2, 0.25) is 0 Å². The lowest BCUT2D eigenvalue weighted by molar-refractivity contribution is -0.124. The summed E-state index contributed by atoms with van der Waals surface area (Å²) in [6.07, 6.45) is 1.45. The van der Waals surface area contributed by atoms with Crippen LogP contribution in [0.15, 0.2) is 48.1 Å². The van der Waals surface area contributed by atoms with Crippen LogP contribution in [0, 0.1) is 0 Å². The quantitative estimate of drug-likeness (QED) is 0.675. The van der Waals surface area contributed by atoms with Gasteiger partial charge in [-0.1, -0.05) is 6.07 Å². The first-order valence-corrected chi connectivity index (χ1v) is 7.90. The highest BCUT2D eigenvalue weighted by Gasteiger charge is 2.10. The highest BCUT2D eigenvalue weighted by molar-refractivity contribution is 7.09. The van der Waals surface area contributed by atoms with Crippen molar-refractivity contribution in [1.82, 2.24) is 25.5 Å². The number of nitrogens with zero attached hydrogens (tertiary/aromatic N) is 4. The zero-order valence-corrected chi connectivity index (χ0v) is 13.3. The first-order valence-electron chi connectivity index (χ1n) is 7.02. The fourth-order valence-electron chi connectivity index (χ4n) is 1.89. The Hall–Kier alpha value is -3.07. The fraction of sp³-hybridized carbons (Fsp3) is 0.133. The number of esters is 1. The molecular weight excluding hydrogens is 330 g/mol. The van der Waals surface area contributed by atoms with E-state index in [4.69, 9.17) is 4.74 Å². The van der Waals surface area contributed by atoms with Crippen LogP contribution in [0.3, 0.4) is 0 Å². The van der Waals surface area contributed by atoms with Gasteiger partial charge in [-0.3, -0.25) is 4.79 Å². The normalized spacial score (nSPS) is 10.3. The van der Waals surface area contributed by atoms with Gasteiger partial charge in [0.15, 0.2) is 6.61 Å². The monoisotopic (exact) mass is 343 g/mol. The molecule has 0 aliphatic rings. The Balaban J connectivity index is 1.48. The highest BCUT2D eigenvalue weighted by Crippen LogP contribution is 2.09. The van der Waals surface area contributed by atoms with Crippen molar-refractivity contribution >= 4 is 23.2 Å². The Labute approximate surface area is 141 Å². The summed E-state index contributed by atoms with van der Waals surface area (Å²) >= 11 is 1.55. The van der Waals surface area contributed by atoms with Gasteiger partial charge in [0.25, 0.3) is 5.91 Å². The number of amides is 1. The van der Waals surface area contributed by atoms with Crippen LogP contribution in [-0.2, 0) is 16.1 Å². The molecule has 2 heterocycles. The maximum absolute atomic E-state index is 11.9. The minimum Gasteiger partial charge on any atom is -0.452 e. The summed E-state index contributed by atoms with van der Waals surface area (Å²) in [6.45, 7) is 0.105. The van der Waals surface area contributed by atoms with E-state index in [2.05, 4.69) is 20.8 Å². The van der Waals surface area contributed by atoms with Gasteiger partial charge >= 0.3 is 5.97 Å². The second-order valence-electron chi connectivity index (χ2n) is 4.73. The molecule has 0 atom stereocenters. The molecule has 24 heavy (non-hydrogen) atoms. The van der Waals surface area contributed by atoms with E-state index in [0.29, 0.717) is 17.8 Å². The van der Waals surface area contributed by atoms with Crippen molar-refractivity contribution in [3.05, 3.63) is 58.5 Å². The van der Waals surface area contributed by atoms with E-state index in [0.717, 1.165) is 4.88 Å². The van der Waals surface area contributed by atoms with Gasteiger partial charge in [0.05, 0.1) is 17.8 Å². The number of ether oxygens (including phenoxy) is 1. The number of carbonyl (C=O) groups is 2. The van der Waals surface area contributed by atoms with E-state index in [-0.39, 0.29) is 12.5 Å². The van der Waals surface area contributed by atoms with Crippen LogP contribution >= 0.6 is 11.3 Å². The second-order valence-corrected chi connectivity index (χ2v) is 5.77. The van der Waals surface area contributed by atoms with Crippen molar-refractivity contribution in [3.8, 4) is 5.69 Å². The van der Waals surface area contributed by atoms with Gasteiger partial charge in [-0.25, -0.2) is 9.48 Å². The Kier molecular flexibility index (Phi) is 4.92. The number of thiophene rings is 1. The standard InChI is InChI=1S/C15H13N5O3S/c21-14(16-8-13-2-1-7-24-13)9-23-15(22)11-3-5-12(6-4-11)20-10-17-18-19-20/h1-7,10H,8-9H2,(H,16,21). The first kappa shape index (κ1) is 15.8. The molecule has 9 heteroatoms. The summed E-state index contributed by atoms with van der Waals surface area (Å²) in [5, 5.41) is 15.4. The molecule has 1 aromatic carbocycles. The lowest BCUT2D eigenvalue weighted by atomic mass is 10.2. The molecule has 0 saturated heterocycles. The Morgan fingerprint density at radius 2 is 2.04 bits per heavy atom. The molecule has 0 bridgehead atoms. The van der Waals surface area contributed by atoms with Crippen LogP contribution in [0.1, 0.15) is 15.2 Å². The van der Waals surface area contributed by atoms with Crippen molar-refractivity contribution in [1.29, 1.82) is 0 Å². The van der Waals surface area contributed by atoms with Crippen molar-refractivity contribution in [2.45, 2.75) is 6.54 Å². The summed E-state index contributed by atoms with van der Waals surface area (Å²) in [7, 11) is 0. The van der Waals surface area contributed by atoms with Crippen LogP contribution < -0.4 is 5.32 Å². The molecule has 1 N–H and O–H groups in total. The van der Waals surface area contributed by atoms with Crippen LogP contribution in [0.25, 0.3) is 5.69 Å². The fourth-order valence-corrected chi connectivity index (χ4v) is 2.54. The summed E-state index contributed by atoms with van der Waals surface area (Å²) in [5.41, 5.74) is 1.06. The first-order chi connectivity index (χ1) is 11.7. The number of hydrogen-bond acceptors (Lipinski definition) is 7. The zero-order chi connectivity index (χ0) is 16.8. The number of tetrazole rings is 1. The SMILES string of the molecule is O=C(COC(=O)c1ccc(-n2cnnn2)cc1)NCc1cccs1. The van der Waals surface area contributed by atoms with Crippen molar-refractivity contribution < 1.29 is 14.3 Å². The molecule has 0 radical (unpaired) electrons. The van der Waals surface area contributed by atoms with Gasteiger partial charge in [-0.05, 0) is 46.1 Å². The number of carbonyl (C=O) groups excluding carboxylic acids is 2. The van der Waals surface area contributed by atoms with Gasteiger partial charge < -0.3 is 10.1 Å². The summed E-state index contributed by atoms with van der Waals surface area (Å²) in [5.74, 6) is -0.911. The molecule has 8 nitrogen and oxygen atoms in total. The molecular formula is C15H13N5O3S. The molecule has 3 aromatic rings. The average Bonchev–Trinajstić information content (AvgIpc) is 3.31. The van der Waals surface area contributed by atoms with Crippen molar-refractivity contribution in [2.24, 2.45) is 0 Å². The Bertz CT molecular complexity index is 800. The summed E-state index contributed by atoms with van der Waals surface area (Å²) in [4.78, 5) is 24.6. The molecule has 0 spiro atoms. The molecule has 3 rings (SSSR count). The molecule has 0 saturated carbocycles. The number of rotatable bonds is 6. The lowest BCUT2D eigenvalue weighted by Gasteiger charge is -2.06. The third-order valence-corrected chi connectivity index (χ3v) is 3.97. The van der Waals surface area contributed by atoms with E-state index in [9.17, 15) is 9.59 Å². The average molecular weight is 343 g/mol. The van der Waals surface area contributed by atoms with E-state index < -0.39 is 5.97 Å². The number of aromatic nitrogens is 4. The predicted octanol–water partition coefficient (Wildman–Crippen LogP) is 1.20. The second kappa shape index (κ2) is 7.47. The van der Waals surface area contributed by atoms with Crippen LogP contribution in [0.5, 0.6) is 0 Å². The number of benzene rings is 1. The molecule has 0 aliphatic carbocycles. The predicted molar refractivity (Wildman–Crippen MR) is 85.6 cm³/mol. The zero-order valence-electron chi connectivity index (χ0n) is 12.5. The van der Waals surface area contributed by atoms with Crippen molar-refractivity contribution in [3.63, 3.8) is 0 Å². The summed E-state index contributed by atoms with van der Waals surface area (Å²) < 4.78 is 6.46. The molecule has 122 valence electrons. The van der Waals surface area contributed by atoms with E-state index in [1.165, 1.54) is 11.0 Å². The van der Waals surface area contributed by atoms with Gasteiger partial charge in [-0.2, -0.15) is 0 Å². The van der Waals surface area contributed by atoms with Gasteiger partial charge in [-0.15, -0.1) is 16.4 Å². The van der Waals surface area contributed by atoms with E-state index in [1.807, 2.05) is 17.5 Å². The molecule has 0 unspecified atom stereocenters. The maximum Gasteiger partial charge on any atom is 0.338 e. The third kappa shape index (κ3) is 4.02. The lowest BCUT2D eigenvalue weighted by Crippen LogP contribution is -2.28. The third-order valence-electron chi connectivity index (χ3n) is 3.09. The largest absolute Gasteiger partial charge is 0.452 e. The van der Waals surface area contributed by atoms with E-state index >= 15 is 0 Å². The molecule has 1 amide bonds. The van der Waals surface area contributed by atoms with Gasteiger partial charge in [0, 0.05) is 4.88 Å². The number of nitrogens with one attached hydrogen (secondary N) is 1. The summed E-state index contributed by atoms with van der Waals surface area (Å²) in [6, 6.07) is 10.4. The minimum absolute atomic E-state index is 0.320. The number of hydrogen-bond donors (Lipinski definition) is 1. The molecule has 2 aromatic heterocycles. The van der Waals surface area contributed by atoms with Gasteiger partial charge in [0.2, 0.25) is 0 Å². The molecule has 0 fully saturated rings. The smallest absolute Gasteiger partial charge is 0.338 e. The molecule has 0 aliphatic heterocycles. The van der Waals surface area contributed by atoms with Crippen molar-refractivity contribution in [2.75, 3.05) is 6.61 Å². The maximum atomic E-state index is 11.9. The highest BCUT2D eigenvalue weighted by atomic mass is 32.1. The topological polar surface area (TPSA) is 99.0 Å².